The summed E-state index contributed by atoms with van der Waals surface area (Å²) >= 11 is 6.29. The van der Waals surface area contributed by atoms with Crippen molar-refractivity contribution < 1.29 is 22.9 Å². The lowest BCUT2D eigenvalue weighted by atomic mass is 10.1. The largest absolute Gasteiger partial charge is 0.354 e. The lowest BCUT2D eigenvalue weighted by molar-refractivity contribution is -0.384. The number of sulfonamides is 1. The Bertz CT molecular complexity index is 1220. The minimum absolute atomic E-state index is 0.0118. The number of halogens is 1. The third kappa shape index (κ3) is 7.66. The highest BCUT2D eigenvalue weighted by Crippen LogP contribution is 2.28. The van der Waals surface area contributed by atoms with Crippen LogP contribution in [-0.4, -0.2) is 55.4 Å². The van der Waals surface area contributed by atoms with E-state index < -0.39 is 33.4 Å². The summed E-state index contributed by atoms with van der Waals surface area (Å²) in [6.07, 6.45) is 2.56. The fraction of sp³-hybridized carbons (Fsp3) is 0.417. The van der Waals surface area contributed by atoms with Crippen LogP contribution in [0.4, 0.5) is 11.4 Å². The lowest BCUT2D eigenvalue weighted by Gasteiger charge is -2.32. The maximum absolute atomic E-state index is 13.6. The zero-order valence-electron chi connectivity index (χ0n) is 20.7. The number of non-ortho nitro benzene ring substituents is 1. The second-order valence-corrected chi connectivity index (χ2v) is 10.7. The molecule has 2 rings (SSSR count). The first-order chi connectivity index (χ1) is 16.9. The number of amides is 2. The molecule has 36 heavy (non-hydrogen) atoms. The van der Waals surface area contributed by atoms with E-state index in [0.717, 1.165) is 29.5 Å². The topological polar surface area (TPSA) is 130 Å². The molecule has 0 bridgehead atoms. The fourth-order valence-electron chi connectivity index (χ4n) is 3.50. The van der Waals surface area contributed by atoms with Crippen molar-refractivity contribution in [3.63, 3.8) is 0 Å². The number of benzene rings is 2. The number of unbranched alkanes of at least 4 members (excludes halogenated alkanes) is 1. The van der Waals surface area contributed by atoms with Crippen LogP contribution in [0.25, 0.3) is 0 Å². The second kappa shape index (κ2) is 12.7. The van der Waals surface area contributed by atoms with Crippen LogP contribution in [0.15, 0.2) is 42.5 Å². The molecule has 0 spiro atoms. The van der Waals surface area contributed by atoms with Crippen molar-refractivity contribution in [2.24, 2.45) is 0 Å². The number of nitro groups is 1. The summed E-state index contributed by atoms with van der Waals surface area (Å²) in [5, 5.41) is 14.5. The molecule has 196 valence electrons. The molecule has 0 unspecified atom stereocenters. The molecule has 0 aliphatic rings. The van der Waals surface area contributed by atoms with Gasteiger partial charge < -0.3 is 10.2 Å². The first-order valence-electron chi connectivity index (χ1n) is 11.4. The average Bonchev–Trinajstić information content (AvgIpc) is 2.81. The smallest absolute Gasteiger partial charge is 0.271 e. The van der Waals surface area contributed by atoms with Gasteiger partial charge in [-0.2, -0.15) is 0 Å². The van der Waals surface area contributed by atoms with E-state index >= 15 is 0 Å². The second-order valence-electron chi connectivity index (χ2n) is 8.43. The summed E-state index contributed by atoms with van der Waals surface area (Å²) < 4.78 is 26.2. The summed E-state index contributed by atoms with van der Waals surface area (Å²) in [5.41, 5.74) is 0.714. The van der Waals surface area contributed by atoms with E-state index in [1.54, 1.807) is 38.1 Å². The van der Waals surface area contributed by atoms with Gasteiger partial charge in [0.15, 0.2) is 0 Å². The zero-order valence-corrected chi connectivity index (χ0v) is 22.3. The van der Waals surface area contributed by atoms with E-state index in [2.05, 4.69) is 5.32 Å². The van der Waals surface area contributed by atoms with E-state index in [9.17, 15) is 28.1 Å². The molecule has 0 aliphatic carbocycles. The Morgan fingerprint density at radius 1 is 1.19 bits per heavy atom. The van der Waals surface area contributed by atoms with Crippen molar-refractivity contribution in [3.8, 4) is 0 Å². The Kier molecular flexibility index (Phi) is 10.2. The van der Waals surface area contributed by atoms with Crippen molar-refractivity contribution in [2.45, 2.75) is 46.2 Å². The zero-order chi connectivity index (χ0) is 27.0. The van der Waals surface area contributed by atoms with Gasteiger partial charge in [-0.25, -0.2) is 8.42 Å². The van der Waals surface area contributed by atoms with Crippen LogP contribution in [-0.2, 0) is 26.2 Å². The molecule has 2 amide bonds. The number of hydrogen-bond acceptors (Lipinski definition) is 6. The number of nitrogens with zero attached hydrogens (tertiary/aromatic N) is 3. The molecule has 10 nitrogen and oxygen atoms in total. The van der Waals surface area contributed by atoms with Gasteiger partial charge in [-0.1, -0.05) is 49.2 Å². The quantitative estimate of drug-likeness (QED) is 0.249. The molecule has 0 aliphatic heterocycles. The molecule has 2 aromatic carbocycles. The molecule has 0 heterocycles. The summed E-state index contributed by atoms with van der Waals surface area (Å²) in [5.74, 6) is -1.05. The molecular weight excluding hydrogens is 508 g/mol. The van der Waals surface area contributed by atoms with Gasteiger partial charge in [-0.05, 0) is 37.5 Å². The number of nitrogens with one attached hydrogen (secondary N) is 1. The fourth-order valence-corrected chi connectivity index (χ4v) is 4.60. The maximum atomic E-state index is 13.6. The number of hydrogen-bond donors (Lipinski definition) is 1. The molecule has 0 saturated carbocycles. The third-order valence-corrected chi connectivity index (χ3v) is 7.14. The Balaban J connectivity index is 2.46. The Hall–Kier alpha value is -3.18. The van der Waals surface area contributed by atoms with E-state index in [1.165, 1.54) is 17.0 Å². The molecule has 0 radical (unpaired) electrons. The maximum Gasteiger partial charge on any atom is 0.271 e. The van der Waals surface area contributed by atoms with E-state index in [4.69, 9.17) is 11.6 Å². The van der Waals surface area contributed by atoms with Crippen molar-refractivity contribution in [2.75, 3.05) is 23.7 Å². The first kappa shape index (κ1) is 29.1. The van der Waals surface area contributed by atoms with Crippen LogP contribution in [0.5, 0.6) is 0 Å². The monoisotopic (exact) mass is 538 g/mol. The van der Waals surface area contributed by atoms with Gasteiger partial charge in [0.05, 0.1) is 16.9 Å². The lowest BCUT2D eigenvalue weighted by Crippen LogP contribution is -2.51. The van der Waals surface area contributed by atoms with Crippen LogP contribution in [0.3, 0.4) is 0 Å². The number of anilines is 1. The minimum atomic E-state index is -4.02. The Morgan fingerprint density at radius 2 is 1.86 bits per heavy atom. The average molecular weight is 539 g/mol. The van der Waals surface area contributed by atoms with Gasteiger partial charge in [0.2, 0.25) is 21.8 Å². The molecule has 0 saturated heterocycles. The summed E-state index contributed by atoms with van der Waals surface area (Å²) in [7, 11) is -4.02. The van der Waals surface area contributed by atoms with E-state index in [-0.39, 0.29) is 23.8 Å². The number of nitro benzene ring substituents is 1. The molecule has 0 fully saturated rings. The van der Waals surface area contributed by atoms with Gasteiger partial charge in [0.25, 0.3) is 5.69 Å². The number of rotatable bonds is 12. The van der Waals surface area contributed by atoms with Crippen molar-refractivity contribution in [1.29, 1.82) is 0 Å². The molecule has 1 N–H and O–H groups in total. The van der Waals surface area contributed by atoms with Crippen molar-refractivity contribution in [3.05, 3.63) is 68.7 Å². The van der Waals surface area contributed by atoms with Crippen LogP contribution >= 0.6 is 11.6 Å². The van der Waals surface area contributed by atoms with Crippen LogP contribution in [0.2, 0.25) is 5.02 Å². The van der Waals surface area contributed by atoms with Crippen molar-refractivity contribution >= 4 is 44.8 Å². The number of carbonyl (C=O) groups is 2. The van der Waals surface area contributed by atoms with Gasteiger partial charge in [0, 0.05) is 30.2 Å². The highest BCUT2D eigenvalue weighted by atomic mass is 35.5. The van der Waals surface area contributed by atoms with Gasteiger partial charge in [-0.15, -0.1) is 0 Å². The third-order valence-electron chi connectivity index (χ3n) is 5.65. The molecule has 2 aromatic rings. The van der Waals surface area contributed by atoms with E-state index in [0.29, 0.717) is 22.7 Å². The van der Waals surface area contributed by atoms with Gasteiger partial charge >= 0.3 is 0 Å². The van der Waals surface area contributed by atoms with Gasteiger partial charge in [0.1, 0.15) is 12.6 Å². The van der Waals surface area contributed by atoms with E-state index in [1.807, 2.05) is 6.92 Å². The highest BCUT2D eigenvalue weighted by molar-refractivity contribution is 7.92. The molecule has 1 atom stereocenters. The summed E-state index contributed by atoms with van der Waals surface area (Å²) in [6.45, 7) is 4.88. The molecular formula is C24H31ClN4O6S. The number of aryl methyl sites for hydroxylation is 1. The Labute approximate surface area is 216 Å². The van der Waals surface area contributed by atoms with Crippen molar-refractivity contribution in [1.82, 2.24) is 10.2 Å². The summed E-state index contributed by atoms with van der Waals surface area (Å²) in [6, 6.07) is 9.70. The SMILES string of the molecule is CCCCNC(=O)[C@H](C)N(Cc1ccccc1Cl)C(=O)CN(c1cc([N+](=O)[O-])ccc1C)S(C)(=O)=O. The molecule has 0 aromatic heterocycles. The van der Waals surface area contributed by atoms with Crippen LogP contribution in [0.1, 0.15) is 37.8 Å². The van der Waals surface area contributed by atoms with Crippen LogP contribution < -0.4 is 9.62 Å². The predicted octanol–water partition coefficient (Wildman–Crippen LogP) is 3.66. The van der Waals surface area contributed by atoms with Gasteiger partial charge in [-0.3, -0.25) is 24.0 Å². The normalized spacial score (nSPS) is 12.0. The summed E-state index contributed by atoms with van der Waals surface area (Å²) in [4.78, 5) is 38.3. The number of carbonyl (C=O) groups excluding carboxylic acids is 2. The standard InChI is InChI=1S/C24H31ClN4O6S/c1-5-6-13-26-24(31)18(3)27(15-19-9-7-8-10-21(19)25)23(30)16-28(36(4,34)35)22-14-20(29(32)33)12-11-17(22)2/h7-12,14,18H,5-6,13,15-16H2,1-4H3,(H,26,31)/t18-/m0/s1. The predicted molar refractivity (Wildman–Crippen MR) is 139 cm³/mol. The highest BCUT2D eigenvalue weighted by Gasteiger charge is 2.31. The van der Waals surface area contributed by atoms with Crippen LogP contribution in [0, 0.1) is 17.0 Å². The minimum Gasteiger partial charge on any atom is -0.354 e. The first-order valence-corrected chi connectivity index (χ1v) is 13.6. The molecule has 12 heteroatoms. The Morgan fingerprint density at radius 3 is 2.44 bits per heavy atom.